The molecule has 0 aliphatic rings. The minimum Gasteiger partial charge on any atom is -0.465 e. The summed E-state index contributed by atoms with van der Waals surface area (Å²) in [7, 11) is 1.38. The zero-order valence-electron chi connectivity index (χ0n) is 13.5. The van der Waals surface area contributed by atoms with Crippen LogP contribution in [0.5, 0.6) is 0 Å². The molecule has 0 bridgehead atoms. The van der Waals surface area contributed by atoms with E-state index in [9.17, 15) is 4.79 Å². The van der Waals surface area contributed by atoms with Crippen LogP contribution < -0.4 is 5.32 Å². The van der Waals surface area contributed by atoms with E-state index in [1.807, 2.05) is 47.4 Å². The number of carbonyl (C=O) groups excluding carboxylic acids is 1. The minimum absolute atomic E-state index is 0.323. The summed E-state index contributed by atoms with van der Waals surface area (Å²) in [4.78, 5) is 11.4. The van der Waals surface area contributed by atoms with Crippen LogP contribution in [0, 0.1) is 0 Å². The summed E-state index contributed by atoms with van der Waals surface area (Å²) in [6.07, 6.45) is 3.79. The Morgan fingerprint density at radius 3 is 2.54 bits per heavy atom. The molecule has 0 unspecified atom stereocenters. The third kappa shape index (κ3) is 4.01. The predicted molar refractivity (Wildman–Crippen MR) is 92.9 cm³/mol. The molecule has 3 rings (SSSR count). The van der Waals surface area contributed by atoms with Gasteiger partial charge in [0, 0.05) is 12.7 Å². The summed E-state index contributed by atoms with van der Waals surface area (Å²) in [6.45, 7) is 1.41. The molecule has 24 heavy (non-hydrogen) atoms. The highest BCUT2D eigenvalue weighted by Crippen LogP contribution is 2.11. The molecule has 1 aromatic heterocycles. The molecule has 0 aliphatic heterocycles. The third-order valence-corrected chi connectivity index (χ3v) is 3.69. The maximum atomic E-state index is 11.4. The number of ether oxygens (including phenoxy) is 1. The van der Waals surface area contributed by atoms with Crippen LogP contribution in [0.15, 0.2) is 67.0 Å². The van der Waals surface area contributed by atoms with Crippen LogP contribution in [0.2, 0.25) is 0 Å². The monoisotopic (exact) mass is 321 g/mol. The molecule has 0 atom stereocenters. The fraction of sp³-hybridized carbons (Fsp3) is 0.158. The summed E-state index contributed by atoms with van der Waals surface area (Å²) in [5.41, 5.74) is 3.81. The number of hydrogen-bond acceptors (Lipinski definition) is 4. The lowest BCUT2D eigenvalue weighted by molar-refractivity contribution is 0.0600. The van der Waals surface area contributed by atoms with Crippen LogP contribution in [0.25, 0.3) is 0 Å². The van der Waals surface area contributed by atoms with E-state index in [-0.39, 0.29) is 5.97 Å². The first-order chi connectivity index (χ1) is 11.7. The van der Waals surface area contributed by atoms with Gasteiger partial charge in [-0.05, 0) is 23.3 Å². The van der Waals surface area contributed by atoms with Gasteiger partial charge >= 0.3 is 5.97 Å². The highest BCUT2D eigenvalue weighted by Gasteiger charge is 2.04. The van der Waals surface area contributed by atoms with Gasteiger partial charge in [-0.15, -0.1) is 0 Å². The number of nitrogens with one attached hydrogen (secondary N) is 1. The van der Waals surface area contributed by atoms with E-state index in [4.69, 9.17) is 4.74 Å². The molecule has 1 heterocycles. The van der Waals surface area contributed by atoms with Crippen molar-refractivity contribution in [1.29, 1.82) is 0 Å². The molecule has 0 fully saturated rings. The molecule has 0 amide bonds. The normalized spacial score (nSPS) is 10.4. The second kappa shape index (κ2) is 7.46. The van der Waals surface area contributed by atoms with Crippen LogP contribution in [-0.2, 0) is 17.8 Å². The van der Waals surface area contributed by atoms with E-state index in [1.54, 1.807) is 12.1 Å². The zero-order valence-corrected chi connectivity index (χ0v) is 13.5. The first kappa shape index (κ1) is 15.8. The molecular formula is C19H19N3O2. The zero-order chi connectivity index (χ0) is 16.8. The van der Waals surface area contributed by atoms with Crippen molar-refractivity contribution >= 4 is 11.7 Å². The van der Waals surface area contributed by atoms with Crippen molar-refractivity contribution in [2.75, 3.05) is 12.4 Å². The Balaban J connectivity index is 1.56. The lowest BCUT2D eigenvalue weighted by Gasteiger charge is -2.05. The standard InChI is InChI=1S/C19H19N3O2/c1-24-19(23)17-9-7-15(8-10-17)11-20-18-12-21-22(14-18)13-16-5-3-2-4-6-16/h2-10,12,14,20H,11,13H2,1H3. The minimum atomic E-state index is -0.323. The van der Waals surface area contributed by atoms with Crippen molar-refractivity contribution in [2.45, 2.75) is 13.1 Å². The smallest absolute Gasteiger partial charge is 0.337 e. The van der Waals surface area contributed by atoms with E-state index in [0.29, 0.717) is 12.1 Å². The van der Waals surface area contributed by atoms with Crippen LogP contribution in [0.1, 0.15) is 21.5 Å². The predicted octanol–water partition coefficient (Wildman–Crippen LogP) is 3.33. The lowest BCUT2D eigenvalue weighted by Crippen LogP contribution is -2.03. The van der Waals surface area contributed by atoms with Gasteiger partial charge in [-0.1, -0.05) is 42.5 Å². The van der Waals surface area contributed by atoms with Gasteiger partial charge in [0.25, 0.3) is 0 Å². The molecule has 5 heteroatoms. The quantitative estimate of drug-likeness (QED) is 0.708. The Labute approximate surface area is 140 Å². The number of carbonyl (C=O) groups is 1. The first-order valence-corrected chi connectivity index (χ1v) is 7.72. The highest BCUT2D eigenvalue weighted by molar-refractivity contribution is 5.89. The lowest BCUT2D eigenvalue weighted by atomic mass is 10.1. The Morgan fingerprint density at radius 2 is 1.83 bits per heavy atom. The summed E-state index contributed by atoms with van der Waals surface area (Å²) in [5, 5.41) is 7.70. The fourth-order valence-corrected chi connectivity index (χ4v) is 2.39. The molecule has 0 radical (unpaired) electrons. The molecule has 0 aliphatic carbocycles. The molecule has 122 valence electrons. The largest absolute Gasteiger partial charge is 0.465 e. The number of nitrogens with zero attached hydrogens (tertiary/aromatic N) is 2. The highest BCUT2D eigenvalue weighted by atomic mass is 16.5. The van der Waals surface area contributed by atoms with Gasteiger partial charge in [-0.25, -0.2) is 4.79 Å². The number of benzene rings is 2. The van der Waals surface area contributed by atoms with Crippen LogP contribution >= 0.6 is 0 Å². The van der Waals surface area contributed by atoms with E-state index in [1.165, 1.54) is 12.7 Å². The number of methoxy groups -OCH3 is 1. The number of hydrogen-bond donors (Lipinski definition) is 1. The van der Waals surface area contributed by atoms with Crippen molar-refractivity contribution in [3.05, 3.63) is 83.7 Å². The Kier molecular flexibility index (Phi) is 4.91. The molecule has 5 nitrogen and oxygen atoms in total. The first-order valence-electron chi connectivity index (χ1n) is 7.72. The maximum absolute atomic E-state index is 11.4. The fourth-order valence-electron chi connectivity index (χ4n) is 2.39. The van der Waals surface area contributed by atoms with Crippen molar-refractivity contribution < 1.29 is 9.53 Å². The van der Waals surface area contributed by atoms with Crippen molar-refractivity contribution in [3.8, 4) is 0 Å². The number of aromatic nitrogens is 2. The van der Waals surface area contributed by atoms with Gasteiger partial charge in [0.15, 0.2) is 0 Å². The van der Waals surface area contributed by atoms with Crippen LogP contribution in [0.3, 0.4) is 0 Å². The second-order valence-corrected chi connectivity index (χ2v) is 5.45. The van der Waals surface area contributed by atoms with Crippen molar-refractivity contribution in [3.63, 3.8) is 0 Å². The Bertz CT molecular complexity index is 795. The van der Waals surface area contributed by atoms with E-state index in [0.717, 1.165) is 17.8 Å². The molecule has 2 aromatic carbocycles. The second-order valence-electron chi connectivity index (χ2n) is 5.45. The number of anilines is 1. The topological polar surface area (TPSA) is 56.1 Å². The number of rotatable bonds is 6. The molecule has 0 spiro atoms. The van der Waals surface area contributed by atoms with E-state index >= 15 is 0 Å². The average molecular weight is 321 g/mol. The average Bonchev–Trinajstić information content (AvgIpc) is 3.08. The Morgan fingerprint density at radius 1 is 1.08 bits per heavy atom. The molecule has 0 saturated heterocycles. The molecule has 0 saturated carbocycles. The van der Waals surface area contributed by atoms with Crippen LogP contribution in [-0.4, -0.2) is 22.9 Å². The molecule has 1 N–H and O–H groups in total. The van der Waals surface area contributed by atoms with E-state index in [2.05, 4.69) is 22.5 Å². The third-order valence-electron chi connectivity index (χ3n) is 3.69. The maximum Gasteiger partial charge on any atom is 0.337 e. The van der Waals surface area contributed by atoms with Gasteiger partial charge in [0.1, 0.15) is 0 Å². The SMILES string of the molecule is COC(=O)c1ccc(CNc2cnn(Cc3ccccc3)c2)cc1. The summed E-state index contributed by atoms with van der Waals surface area (Å²) in [5.74, 6) is -0.323. The van der Waals surface area contributed by atoms with Gasteiger partial charge < -0.3 is 10.1 Å². The summed E-state index contributed by atoms with van der Waals surface area (Å²) in [6, 6.07) is 17.6. The number of esters is 1. The summed E-state index contributed by atoms with van der Waals surface area (Å²) >= 11 is 0. The van der Waals surface area contributed by atoms with Gasteiger partial charge in [-0.3, -0.25) is 4.68 Å². The van der Waals surface area contributed by atoms with Crippen molar-refractivity contribution in [2.24, 2.45) is 0 Å². The molecular weight excluding hydrogens is 302 g/mol. The summed E-state index contributed by atoms with van der Waals surface area (Å²) < 4.78 is 6.59. The van der Waals surface area contributed by atoms with Gasteiger partial charge in [0.2, 0.25) is 0 Å². The molecule has 3 aromatic rings. The van der Waals surface area contributed by atoms with Gasteiger partial charge in [0.05, 0.1) is 31.1 Å². The van der Waals surface area contributed by atoms with Crippen LogP contribution in [0.4, 0.5) is 5.69 Å². The van der Waals surface area contributed by atoms with Crippen molar-refractivity contribution in [1.82, 2.24) is 9.78 Å². The Hall–Kier alpha value is -3.08. The van der Waals surface area contributed by atoms with Gasteiger partial charge in [-0.2, -0.15) is 5.10 Å². The van der Waals surface area contributed by atoms with E-state index < -0.39 is 0 Å².